The normalized spacial score (nSPS) is 14.1. The lowest BCUT2D eigenvalue weighted by atomic mass is 10.1. The number of carbonyl (C=O) groups is 1. The van der Waals surface area contributed by atoms with Crippen molar-refractivity contribution in [3.05, 3.63) is 34.9 Å². The summed E-state index contributed by atoms with van der Waals surface area (Å²) in [6.45, 7) is 1.99. The van der Waals surface area contributed by atoms with Crippen LogP contribution in [-0.2, 0) is 11.2 Å². The second kappa shape index (κ2) is 3.29. The maximum absolute atomic E-state index is 10.8. The Morgan fingerprint density at radius 1 is 1.43 bits per heavy atom. The van der Waals surface area contributed by atoms with Crippen LogP contribution in [0.4, 0.5) is 0 Å². The van der Waals surface area contributed by atoms with Crippen molar-refractivity contribution in [2.75, 3.05) is 7.11 Å². The molecule has 2 heteroatoms. The molecule has 0 spiro atoms. The van der Waals surface area contributed by atoms with Crippen molar-refractivity contribution >= 4 is 11.9 Å². The van der Waals surface area contributed by atoms with E-state index in [1.165, 1.54) is 11.1 Å². The van der Waals surface area contributed by atoms with Crippen molar-refractivity contribution in [1.82, 2.24) is 0 Å². The highest BCUT2D eigenvalue weighted by molar-refractivity contribution is 5.92. The third kappa shape index (κ3) is 1.23. The third-order valence-corrected chi connectivity index (χ3v) is 2.72. The Hall–Kier alpha value is -1.57. The standard InChI is InChI=1S/C12H12O2/c1-8-10(7-13)5-9-6-11(14-2)3-4-12(8)9/h3-4,6-7H,5H2,1-2H3. The fourth-order valence-corrected chi connectivity index (χ4v) is 1.85. The molecule has 0 amide bonds. The Balaban J connectivity index is 2.47. The van der Waals surface area contributed by atoms with Gasteiger partial charge in [0, 0.05) is 6.42 Å². The smallest absolute Gasteiger partial charge is 0.146 e. The molecule has 0 radical (unpaired) electrons. The Morgan fingerprint density at radius 2 is 2.21 bits per heavy atom. The summed E-state index contributed by atoms with van der Waals surface area (Å²) in [5.74, 6) is 0.851. The van der Waals surface area contributed by atoms with Crippen molar-refractivity contribution in [2.45, 2.75) is 13.3 Å². The minimum Gasteiger partial charge on any atom is -0.497 e. The zero-order chi connectivity index (χ0) is 10.1. The number of benzene rings is 1. The molecule has 0 bridgehead atoms. The fourth-order valence-electron chi connectivity index (χ4n) is 1.85. The number of hydrogen-bond donors (Lipinski definition) is 0. The SMILES string of the molecule is COc1ccc2c(c1)CC(C=O)=C2C. The number of hydrogen-bond acceptors (Lipinski definition) is 2. The van der Waals surface area contributed by atoms with Crippen molar-refractivity contribution in [3.63, 3.8) is 0 Å². The van der Waals surface area contributed by atoms with Gasteiger partial charge in [0.15, 0.2) is 0 Å². The number of carbonyl (C=O) groups excluding carboxylic acids is 1. The number of aldehydes is 1. The maximum Gasteiger partial charge on any atom is 0.146 e. The van der Waals surface area contributed by atoms with Crippen LogP contribution in [0.5, 0.6) is 5.75 Å². The predicted octanol–water partition coefficient (Wildman–Crippen LogP) is 2.22. The summed E-state index contributed by atoms with van der Waals surface area (Å²) in [4.78, 5) is 10.8. The van der Waals surface area contributed by atoms with Crippen molar-refractivity contribution in [1.29, 1.82) is 0 Å². The van der Waals surface area contributed by atoms with Crippen LogP contribution in [0.15, 0.2) is 23.8 Å². The zero-order valence-corrected chi connectivity index (χ0v) is 8.33. The van der Waals surface area contributed by atoms with Crippen LogP contribution in [0.3, 0.4) is 0 Å². The first-order valence-corrected chi connectivity index (χ1v) is 4.58. The van der Waals surface area contributed by atoms with Crippen LogP contribution in [0, 0.1) is 0 Å². The molecule has 14 heavy (non-hydrogen) atoms. The lowest BCUT2D eigenvalue weighted by Crippen LogP contribution is -1.88. The van der Waals surface area contributed by atoms with Gasteiger partial charge in [-0.2, -0.15) is 0 Å². The molecule has 0 saturated carbocycles. The molecule has 0 aliphatic heterocycles. The van der Waals surface area contributed by atoms with Crippen molar-refractivity contribution in [3.8, 4) is 5.75 Å². The molecule has 0 heterocycles. The minimum absolute atomic E-state index is 0.738. The number of allylic oxidation sites excluding steroid dienone is 2. The Labute approximate surface area is 83.2 Å². The number of methoxy groups -OCH3 is 1. The molecule has 2 nitrogen and oxygen atoms in total. The molecule has 0 aromatic heterocycles. The van der Waals surface area contributed by atoms with Crippen LogP contribution < -0.4 is 4.74 Å². The highest BCUT2D eigenvalue weighted by Crippen LogP contribution is 2.33. The van der Waals surface area contributed by atoms with Gasteiger partial charge in [-0.15, -0.1) is 0 Å². The summed E-state index contributed by atoms with van der Waals surface area (Å²) in [6.07, 6.45) is 1.68. The van der Waals surface area contributed by atoms with Crippen LogP contribution >= 0.6 is 0 Å². The maximum atomic E-state index is 10.8. The lowest BCUT2D eigenvalue weighted by Gasteiger charge is -2.03. The predicted molar refractivity (Wildman–Crippen MR) is 55.4 cm³/mol. The molecule has 0 atom stereocenters. The van der Waals surface area contributed by atoms with Gasteiger partial charge in [0.05, 0.1) is 7.11 Å². The quantitative estimate of drug-likeness (QED) is 0.665. The van der Waals surface area contributed by atoms with E-state index in [9.17, 15) is 4.79 Å². The van der Waals surface area contributed by atoms with E-state index in [4.69, 9.17) is 4.74 Å². The molecule has 0 N–H and O–H groups in total. The van der Waals surface area contributed by atoms with Crippen LogP contribution in [-0.4, -0.2) is 13.4 Å². The van der Waals surface area contributed by atoms with Crippen LogP contribution in [0.1, 0.15) is 18.1 Å². The van der Waals surface area contributed by atoms with Crippen LogP contribution in [0.25, 0.3) is 5.57 Å². The summed E-state index contributed by atoms with van der Waals surface area (Å²) >= 11 is 0. The fraction of sp³-hybridized carbons (Fsp3) is 0.250. The summed E-state index contributed by atoms with van der Waals surface area (Å²) < 4.78 is 5.14. The minimum atomic E-state index is 0.738. The summed E-state index contributed by atoms with van der Waals surface area (Å²) in [7, 11) is 1.65. The van der Waals surface area contributed by atoms with Gasteiger partial charge in [-0.3, -0.25) is 4.79 Å². The lowest BCUT2D eigenvalue weighted by molar-refractivity contribution is -0.104. The Morgan fingerprint density at radius 3 is 2.86 bits per heavy atom. The van der Waals surface area contributed by atoms with Gasteiger partial charge in [-0.05, 0) is 41.3 Å². The van der Waals surface area contributed by atoms with E-state index in [1.54, 1.807) is 7.11 Å². The molecule has 0 fully saturated rings. The van der Waals surface area contributed by atoms with E-state index >= 15 is 0 Å². The molecular weight excluding hydrogens is 176 g/mol. The average Bonchev–Trinajstić information content (AvgIpc) is 2.55. The van der Waals surface area contributed by atoms with E-state index in [-0.39, 0.29) is 0 Å². The van der Waals surface area contributed by atoms with E-state index in [2.05, 4.69) is 0 Å². The van der Waals surface area contributed by atoms with Crippen molar-refractivity contribution in [2.24, 2.45) is 0 Å². The van der Waals surface area contributed by atoms with E-state index in [0.717, 1.165) is 29.6 Å². The highest BCUT2D eigenvalue weighted by Gasteiger charge is 2.17. The third-order valence-electron chi connectivity index (χ3n) is 2.72. The molecule has 1 aromatic rings. The van der Waals surface area contributed by atoms with Crippen molar-refractivity contribution < 1.29 is 9.53 Å². The summed E-state index contributed by atoms with van der Waals surface area (Å²) in [5.41, 5.74) is 4.34. The first kappa shape index (κ1) is 9.00. The van der Waals surface area contributed by atoms with Gasteiger partial charge in [-0.25, -0.2) is 0 Å². The second-order valence-corrected chi connectivity index (χ2v) is 3.47. The van der Waals surface area contributed by atoms with Gasteiger partial charge in [-0.1, -0.05) is 6.07 Å². The number of rotatable bonds is 2. The van der Waals surface area contributed by atoms with E-state index < -0.39 is 0 Å². The molecule has 1 aliphatic rings. The molecule has 1 aromatic carbocycles. The molecule has 0 unspecified atom stereocenters. The first-order valence-electron chi connectivity index (χ1n) is 4.58. The monoisotopic (exact) mass is 188 g/mol. The summed E-state index contributed by atoms with van der Waals surface area (Å²) in [6, 6.07) is 5.94. The topological polar surface area (TPSA) is 26.3 Å². The largest absolute Gasteiger partial charge is 0.497 e. The molecular formula is C12H12O2. The Bertz CT molecular complexity index is 416. The van der Waals surface area contributed by atoms with E-state index in [0.29, 0.717) is 0 Å². The van der Waals surface area contributed by atoms with Gasteiger partial charge in [0.25, 0.3) is 0 Å². The van der Waals surface area contributed by atoms with Gasteiger partial charge >= 0.3 is 0 Å². The molecule has 0 saturated heterocycles. The zero-order valence-electron chi connectivity index (χ0n) is 8.33. The molecule has 2 rings (SSSR count). The average molecular weight is 188 g/mol. The molecule has 72 valence electrons. The van der Waals surface area contributed by atoms with E-state index in [1.807, 2.05) is 25.1 Å². The van der Waals surface area contributed by atoms with Gasteiger partial charge in [0.2, 0.25) is 0 Å². The van der Waals surface area contributed by atoms with Crippen LogP contribution in [0.2, 0.25) is 0 Å². The molecule has 1 aliphatic carbocycles. The Kier molecular flexibility index (Phi) is 2.12. The first-order chi connectivity index (χ1) is 6.76. The highest BCUT2D eigenvalue weighted by atomic mass is 16.5. The number of fused-ring (bicyclic) bond motifs is 1. The number of ether oxygens (including phenoxy) is 1. The van der Waals surface area contributed by atoms with Gasteiger partial charge in [0.1, 0.15) is 12.0 Å². The van der Waals surface area contributed by atoms with Gasteiger partial charge < -0.3 is 4.74 Å². The second-order valence-electron chi connectivity index (χ2n) is 3.47. The summed E-state index contributed by atoms with van der Waals surface area (Å²) in [5, 5.41) is 0.